The van der Waals surface area contributed by atoms with Crippen LogP contribution in [0.3, 0.4) is 0 Å². The van der Waals surface area contributed by atoms with Gasteiger partial charge in [0.25, 0.3) is 0 Å². The molecule has 3 rings (SSSR count). The van der Waals surface area contributed by atoms with Crippen LogP contribution in [-0.2, 0) is 36.5 Å². The Hall–Kier alpha value is -1.41. The van der Waals surface area contributed by atoms with Crippen molar-refractivity contribution in [3.63, 3.8) is 0 Å². The number of hydrogen-bond donors (Lipinski definition) is 4. The fourth-order valence-electron chi connectivity index (χ4n) is 2.99. The lowest BCUT2D eigenvalue weighted by Gasteiger charge is -2.19. The van der Waals surface area contributed by atoms with Crippen LogP contribution in [0.2, 0.25) is 0 Å². The first-order chi connectivity index (χ1) is 14.4. The van der Waals surface area contributed by atoms with Crippen molar-refractivity contribution in [1.29, 1.82) is 0 Å². The van der Waals surface area contributed by atoms with E-state index < -0.39 is 54.8 Å². The number of anilines is 1. The Morgan fingerprint density at radius 3 is 2.61 bits per heavy atom. The van der Waals surface area contributed by atoms with Gasteiger partial charge in [0, 0.05) is 18.3 Å². The van der Waals surface area contributed by atoms with E-state index in [1.54, 1.807) is 0 Å². The van der Waals surface area contributed by atoms with Crippen LogP contribution in [0.15, 0.2) is 12.7 Å². The summed E-state index contributed by atoms with van der Waals surface area (Å²) in [5, 5.41) is 0. The molecule has 16 nitrogen and oxygen atoms in total. The summed E-state index contributed by atoms with van der Waals surface area (Å²) in [6.45, 7) is -0.0238. The van der Waals surface area contributed by atoms with E-state index in [0.717, 1.165) is 0 Å². The van der Waals surface area contributed by atoms with E-state index in [1.165, 1.54) is 24.3 Å². The van der Waals surface area contributed by atoms with Gasteiger partial charge in [-0.3, -0.25) is 13.7 Å². The Morgan fingerprint density at radius 1 is 1.29 bits per heavy atom. The van der Waals surface area contributed by atoms with Crippen molar-refractivity contribution < 1.29 is 51.2 Å². The molecule has 7 atom stereocenters. The monoisotopic (exact) mass is 502 g/mol. The maximum Gasteiger partial charge on any atom is 0.695 e. The number of fused-ring (bicyclic) bond motifs is 1. The Balaban J connectivity index is 1.88. The molecule has 31 heavy (non-hydrogen) atoms. The van der Waals surface area contributed by atoms with Crippen molar-refractivity contribution in [3.8, 4) is 0 Å². The third-order valence-electron chi connectivity index (χ3n) is 4.09. The molecule has 1 saturated heterocycles. The quantitative estimate of drug-likeness (QED) is 0.338. The number of aromatic nitrogens is 4. The lowest BCUT2D eigenvalue weighted by molar-refractivity contribution is -0.0576. The minimum absolute atomic E-state index is 0.105. The molecule has 0 aromatic carbocycles. The summed E-state index contributed by atoms with van der Waals surface area (Å²) in [6, 6.07) is 0. The van der Waals surface area contributed by atoms with Gasteiger partial charge < -0.3 is 25.0 Å². The second-order valence-corrected chi connectivity index (χ2v) is 10.4. The van der Waals surface area contributed by atoms with Crippen molar-refractivity contribution in [2.24, 2.45) is 0 Å². The molecule has 0 radical (unpaired) electrons. The number of methoxy groups -OCH3 is 1. The minimum atomic E-state index is -4.96. The molecular formula is C12H19N5O11P3+. The molecule has 172 valence electrons. The van der Waals surface area contributed by atoms with Gasteiger partial charge in [-0.05, 0) is 0 Å². The second-order valence-electron chi connectivity index (χ2n) is 6.31. The molecule has 1 aliphatic heterocycles. The largest absolute Gasteiger partial charge is 0.695 e. The Bertz CT molecular complexity index is 1060. The van der Waals surface area contributed by atoms with E-state index in [9.17, 15) is 23.5 Å². The van der Waals surface area contributed by atoms with Gasteiger partial charge in [-0.15, -0.1) is 9.42 Å². The summed E-state index contributed by atoms with van der Waals surface area (Å²) in [5.41, 5.74) is 6.30. The van der Waals surface area contributed by atoms with E-state index in [2.05, 4.69) is 19.3 Å². The van der Waals surface area contributed by atoms with Gasteiger partial charge in [-0.25, -0.2) is 23.8 Å². The highest BCUT2D eigenvalue weighted by Gasteiger charge is 2.52. The van der Waals surface area contributed by atoms with Crippen molar-refractivity contribution >= 4 is 40.7 Å². The van der Waals surface area contributed by atoms with Crippen LogP contribution in [0.5, 0.6) is 0 Å². The second kappa shape index (κ2) is 9.22. The topological polar surface area (TPSA) is 228 Å². The molecule has 0 saturated carbocycles. The van der Waals surface area contributed by atoms with Crippen LogP contribution >= 0.6 is 23.7 Å². The molecule has 0 spiro atoms. The zero-order valence-electron chi connectivity index (χ0n) is 16.0. The average molecular weight is 502 g/mol. The maximum absolute atomic E-state index is 11.9. The number of imidazole rings is 1. The maximum atomic E-state index is 11.9. The molecule has 1 aliphatic rings. The Labute approximate surface area is 175 Å². The molecule has 3 heterocycles. The Kier molecular flexibility index (Phi) is 7.21. The SMILES string of the molecule is CO[C@@H]1[C@H](O[P+](=O)O)[C@@H](COP(=O)(O)OP(C)(=O)O)O[C@H]1n1cnc2c(N)ncnc21. The third kappa shape index (κ3) is 5.69. The van der Waals surface area contributed by atoms with Gasteiger partial charge in [0.05, 0.1) is 12.9 Å². The van der Waals surface area contributed by atoms with E-state index in [-0.39, 0.29) is 17.0 Å². The summed E-state index contributed by atoms with van der Waals surface area (Å²) in [4.78, 5) is 40.0. The number of nitrogens with zero attached hydrogens (tertiary/aromatic N) is 4. The molecule has 19 heteroatoms. The number of hydrogen-bond acceptors (Lipinski definition) is 12. The number of nitrogen functional groups attached to an aromatic ring is 1. The van der Waals surface area contributed by atoms with Crippen molar-refractivity contribution in [1.82, 2.24) is 19.5 Å². The highest BCUT2D eigenvalue weighted by molar-refractivity contribution is 7.63. The fraction of sp³-hybridized carbons (Fsp3) is 0.583. The van der Waals surface area contributed by atoms with Gasteiger partial charge in [0.15, 0.2) is 23.8 Å². The summed E-state index contributed by atoms with van der Waals surface area (Å²) in [5.74, 6) is 0.105. The van der Waals surface area contributed by atoms with Gasteiger partial charge >= 0.3 is 23.7 Å². The standard InChI is InChI=1S/C12H18N5O11P3/c1-24-9-8(27-29(18)19)6(3-25-31(22,23)28-30(2,20)21)26-12(9)17-5-16-7-10(13)14-4-15-11(7)17/h4-6,8-9,12H,3H2,1-2H3,(H4-,13,14,15,18,19,20,21,22,23)/p+1/t6-,8-,9-,12-/m1/s1. The number of ether oxygens (including phenoxy) is 2. The fourth-order valence-corrected chi connectivity index (χ4v) is 5.51. The summed E-state index contributed by atoms with van der Waals surface area (Å²) < 4.78 is 60.8. The van der Waals surface area contributed by atoms with Gasteiger partial charge in [-0.1, -0.05) is 0 Å². The number of rotatable bonds is 9. The van der Waals surface area contributed by atoms with E-state index >= 15 is 0 Å². The molecule has 0 aliphatic carbocycles. The normalized spacial score (nSPS) is 28.4. The van der Waals surface area contributed by atoms with E-state index in [0.29, 0.717) is 6.66 Å². The predicted molar refractivity (Wildman–Crippen MR) is 102 cm³/mol. The highest BCUT2D eigenvalue weighted by Crippen LogP contribution is 2.58. The molecule has 2 aromatic heterocycles. The zero-order valence-corrected chi connectivity index (χ0v) is 18.7. The molecular weight excluding hydrogens is 483 g/mol. The van der Waals surface area contributed by atoms with Crippen LogP contribution < -0.4 is 5.73 Å². The first-order valence-electron chi connectivity index (χ1n) is 8.35. The molecule has 1 fully saturated rings. The van der Waals surface area contributed by atoms with Crippen molar-refractivity contribution in [2.75, 3.05) is 26.1 Å². The average Bonchev–Trinajstić information content (AvgIpc) is 3.19. The summed E-state index contributed by atoms with van der Waals surface area (Å²) in [6.07, 6.45) is -2.04. The lowest BCUT2D eigenvalue weighted by Crippen LogP contribution is -2.36. The van der Waals surface area contributed by atoms with Gasteiger partial charge in [0.2, 0.25) is 0 Å². The van der Waals surface area contributed by atoms with Crippen LogP contribution in [0, 0.1) is 0 Å². The molecule has 3 unspecified atom stereocenters. The third-order valence-corrected chi connectivity index (χ3v) is 7.02. The van der Waals surface area contributed by atoms with Crippen LogP contribution in [0.25, 0.3) is 11.2 Å². The minimum Gasteiger partial charge on any atom is -0.382 e. The molecule has 0 amide bonds. The number of phosphoric acid groups is 1. The molecule has 2 aromatic rings. The smallest absolute Gasteiger partial charge is 0.382 e. The summed E-state index contributed by atoms with van der Waals surface area (Å²) in [7, 11) is -11.2. The Morgan fingerprint density at radius 2 is 2.00 bits per heavy atom. The number of nitrogens with two attached hydrogens (primary N) is 1. The van der Waals surface area contributed by atoms with Crippen molar-refractivity contribution in [3.05, 3.63) is 12.7 Å². The van der Waals surface area contributed by atoms with E-state index in [1.807, 2.05) is 0 Å². The summed E-state index contributed by atoms with van der Waals surface area (Å²) >= 11 is 0. The van der Waals surface area contributed by atoms with E-state index in [4.69, 9.17) is 29.1 Å². The molecule has 0 bridgehead atoms. The zero-order chi connectivity index (χ0) is 23.0. The van der Waals surface area contributed by atoms with Crippen LogP contribution in [0.4, 0.5) is 5.82 Å². The first-order valence-corrected chi connectivity index (χ1v) is 13.0. The molecule has 5 N–H and O–H groups in total. The van der Waals surface area contributed by atoms with Crippen LogP contribution in [0.1, 0.15) is 6.23 Å². The first kappa shape index (κ1) is 24.2. The predicted octanol–water partition coefficient (Wildman–Crippen LogP) is 0.305. The van der Waals surface area contributed by atoms with Crippen molar-refractivity contribution in [2.45, 2.75) is 24.5 Å². The highest BCUT2D eigenvalue weighted by atomic mass is 31.3. The van der Waals surface area contributed by atoms with Gasteiger partial charge in [0.1, 0.15) is 24.1 Å². The lowest BCUT2D eigenvalue weighted by atomic mass is 10.1. The van der Waals surface area contributed by atoms with Gasteiger partial charge in [-0.2, -0.15) is 0 Å². The van der Waals surface area contributed by atoms with Crippen LogP contribution in [-0.4, -0.2) is 72.9 Å². The number of phosphoric ester groups is 1.